The van der Waals surface area contributed by atoms with E-state index in [1.165, 1.54) is 12.1 Å². The summed E-state index contributed by atoms with van der Waals surface area (Å²) in [6, 6.07) is 5.90. The van der Waals surface area contributed by atoms with Gasteiger partial charge in [-0.3, -0.25) is 4.79 Å². The van der Waals surface area contributed by atoms with Crippen molar-refractivity contribution in [1.82, 2.24) is 10.2 Å². The van der Waals surface area contributed by atoms with E-state index < -0.39 is 0 Å². The van der Waals surface area contributed by atoms with Gasteiger partial charge in [0.05, 0.1) is 0 Å². The number of carbonyl (C=O) groups is 1. The van der Waals surface area contributed by atoms with E-state index in [2.05, 4.69) is 5.32 Å². The van der Waals surface area contributed by atoms with Gasteiger partial charge in [0.2, 0.25) is 0 Å². The first kappa shape index (κ1) is 17.0. The summed E-state index contributed by atoms with van der Waals surface area (Å²) >= 11 is 0. The van der Waals surface area contributed by atoms with E-state index in [-0.39, 0.29) is 30.7 Å². The molecule has 0 bridgehead atoms. The number of fused-ring (bicyclic) bond motifs is 1. The van der Waals surface area contributed by atoms with Crippen LogP contribution in [-0.4, -0.2) is 43.6 Å². The Morgan fingerprint density at radius 1 is 1.27 bits per heavy atom. The summed E-state index contributed by atoms with van der Waals surface area (Å²) in [6.07, 6.45) is 2.12. The third-order valence-electron chi connectivity index (χ3n) is 4.53. The minimum atomic E-state index is -0.352. The predicted octanol–water partition coefficient (Wildman–Crippen LogP) is 2.08. The molecule has 22 heavy (non-hydrogen) atoms. The van der Waals surface area contributed by atoms with Crippen molar-refractivity contribution in [2.75, 3.05) is 32.8 Å². The number of hydrogen-bond donors (Lipinski definition) is 1. The maximum Gasteiger partial charge on any atom is 0.260 e. The second-order valence-corrected chi connectivity index (χ2v) is 5.88. The van der Waals surface area contributed by atoms with Crippen LogP contribution in [0.5, 0.6) is 5.75 Å². The SMILES string of the molecule is Cl.O=C(COc1cccc(F)c1)N1CC[C@@H]2CNC[C@@H]2CC1. The molecule has 2 atom stereocenters. The lowest BCUT2D eigenvalue weighted by molar-refractivity contribution is -0.133. The minimum absolute atomic E-state index is 0. The van der Waals surface area contributed by atoms with Crippen LogP contribution in [0.1, 0.15) is 12.8 Å². The van der Waals surface area contributed by atoms with Gasteiger partial charge in [-0.25, -0.2) is 4.39 Å². The second kappa shape index (κ2) is 7.79. The molecule has 2 aliphatic rings. The molecule has 1 aromatic rings. The number of hydrogen-bond acceptors (Lipinski definition) is 3. The largest absolute Gasteiger partial charge is 0.484 e. The van der Waals surface area contributed by atoms with Crippen LogP contribution in [0.25, 0.3) is 0 Å². The van der Waals surface area contributed by atoms with Crippen molar-refractivity contribution in [1.29, 1.82) is 0 Å². The zero-order chi connectivity index (χ0) is 14.7. The summed E-state index contributed by atoms with van der Waals surface area (Å²) in [7, 11) is 0. The van der Waals surface area contributed by atoms with E-state index in [0.717, 1.165) is 39.0 Å². The lowest BCUT2D eigenvalue weighted by atomic mass is 9.92. The van der Waals surface area contributed by atoms with Crippen LogP contribution >= 0.6 is 12.4 Å². The number of carbonyl (C=O) groups excluding carboxylic acids is 1. The van der Waals surface area contributed by atoms with Gasteiger partial charge in [-0.2, -0.15) is 0 Å². The van der Waals surface area contributed by atoms with E-state index >= 15 is 0 Å². The Kier molecular flexibility index (Phi) is 6.03. The number of nitrogens with one attached hydrogen (secondary N) is 1. The topological polar surface area (TPSA) is 41.6 Å². The molecular weight excluding hydrogens is 307 g/mol. The van der Waals surface area contributed by atoms with Gasteiger partial charge < -0.3 is 15.0 Å². The Bertz CT molecular complexity index is 501. The zero-order valence-electron chi connectivity index (χ0n) is 12.5. The fourth-order valence-electron chi connectivity index (χ4n) is 3.26. The van der Waals surface area contributed by atoms with Crippen LogP contribution in [0, 0.1) is 17.7 Å². The number of ether oxygens (including phenoxy) is 1. The molecule has 3 rings (SSSR count). The molecule has 2 saturated heterocycles. The molecule has 1 aromatic carbocycles. The number of likely N-dealkylation sites (tertiary alicyclic amines) is 1. The fraction of sp³-hybridized carbons (Fsp3) is 0.562. The standard InChI is InChI=1S/C16H21FN2O2.ClH/c17-14-2-1-3-15(8-14)21-11-16(20)19-6-4-12-9-18-10-13(12)5-7-19;/h1-3,8,12-13,18H,4-7,9-11H2;1H/t12-,13+;. The molecule has 0 aliphatic carbocycles. The summed E-state index contributed by atoms with van der Waals surface area (Å²) in [6.45, 7) is 3.73. The Morgan fingerprint density at radius 2 is 1.95 bits per heavy atom. The minimum Gasteiger partial charge on any atom is -0.484 e. The fourth-order valence-corrected chi connectivity index (χ4v) is 3.26. The number of rotatable bonds is 3. The lowest BCUT2D eigenvalue weighted by Gasteiger charge is -2.21. The Hall–Kier alpha value is -1.33. The average molecular weight is 329 g/mol. The number of amides is 1. The molecule has 0 saturated carbocycles. The summed E-state index contributed by atoms with van der Waals surface area (Å²) < 4.78 is 18.4. The van der Waals surface area contributed by atoms with Crippen LogP contribution in [0.15, 0.2) is 24.3 Å². The van der Waals surface area contributed by atoms with Gasteiger partial charge in [0.15, 0.2) is 6.61 Å². The van der Waals surface area contributed by atoms with E-state index in [9.17, 15) is 9.18 Å². The maximum atomic E-state index is 13.1. The third kappa shape index (κ3) is 4.11. The van der Waals surface area contributed by atoms with Crippen molar-refractivity contribution < 1.29 is 13.9 Å². The molecule has 0 radical (unpaired) electrons. The summed E-state index contributed by atoms with van der Waals surface area (Å²) in [5.74, 6) is 1.44. The van der Waals surface area contributed by atoms with Crippen molar-refractivity contribution in [2.24, 2.45) is 11.8 Å². The van der Waals surface area contributed by atoms with E-state index in [1.807, 2.05) is 4.90 Å². The monoisotopic (exact) mass is 328 g/mol. The average Bonchev–Trinajstić information content (AvgIpc) is 2.83. The number of halogens is 2. The lowest BCUT2D eigenvalue weighted by Crippen LogP contribution is -2.36. The zero-order valence-corrected chi connectivity index (χ0v) is 13.3. The first-order chi connectivity index (χ1) is 10.2. The van der Waals surface area contributed by atoms with Crippen molar-refractivity contribution in [3.05, 3.63) is 30.1 Å². The van der Waals surface area contributed by atoms with Crippen molar-refractivity contribution in [2.45, 2.75) is 12.8 Å². The molecular formula is C16H22ClFN2O2. The summed E-state index contributed by atoms with van der Waals surface area (Å²) in [5, 5.41) is 3.42. The van der Waals surface area contributed by atoms with Crippen LogP contribution < -0.4 is 10.1 Å². The van der Waals surface area contributed by atoms with Crippen molar-refractivity contribution >= 4 is 18.3 Å². The third-order valence-corrected chi connectivity index (χ3v) is 4.53. The molecule has 2 heterocycles. The molecule has 122 valence electrons. The highest BCUT2D eigenvalue weighted by Crippen LogP contribution is 2.27. The van der Waals surface area contributed by atoms with Gasteiger partial charge in [-0.15, -0.1) is 12.4 Å². The molecule has 2 aliphatic heterocycles. The molecule has 0 aromatic heterocycles. The first-order valence-electron chi connectivity index (χ1n) is 7.59. The molecule has 6 heteroatoms. The molecule has 4 nitrogen and oxygen atoms in total. The van der Waals surface area contributed by atoms with Gasteiger partial charge in [0.25, 0.3) is 5.91 Å². The van der Waals surface area contributed by atoms with Crippen LogP contribution in [-0.2, 0) is 4.79 Å². The van der Waals surface area contributed by atoms with E-state index in [4.69, 9.17) is 4.74 Å². The van der Waals surface area contributed by atoms with Crippen LogP contribution in [0.4, 0.5) is 4.39 Å². The normalized spacial score (nSPS) is 24.1. The van der Waals surface area contributed by atoms with E-state index in [1.54, 1.807) is 12.1 Å². The van der Waals surface area contributed by atoms with Gasteiger partial charge in [-0.05, 0) is 49.9 Å². The molecule has 1 amide bonds. The van der Waals surface area contributed by atoms with Crippen molar-refractivity contribution in [3.63, 3.8) is 0 Å². The summed E-state index contributed by atoms with van der Waals surface area (Å²) in [4.78, 5) is 14.1. The van der Waals surface area contributed by atoms with Gasteiger partial charge in [0.1, 0.15) is 11.6 Å². The number of nitrogens with zero attached hydrogens (tertiary/aromatic N) is 1. The highest BCUT2D eigenvalue weighted by molar-refractivity contribution is 5.85. The molecule has 0 spiro atoms. The highest BCUT2D eigenvalue weighted by Gasteiger charge is 2.31. The molecule has 2 fully saturated rings. The van der Waals surface area contributed by atoms with Gasteiger partial charge in [-0.1, -0.05) is 6.07 Å². The van der Waals surface area contributed by atoms with Crippen LogP contribution in [0.2, 0.25) is 0 Å². The van der Waals surface area contributed by atoms with E-state index in [0.29, 0.717) is 17.6 Å². The Labute approximate surface area is 136 Å². The maximum absolute atomic E-state index is 13.1. The smallest absolute Gasteiger partial charge is 0.260 e. The second-order valence-electron chi connectivity index (χ2n) is 5.88. The van der Waals surface area contributed by atoms with Gasteiger partial charge >= 0.3 is 0 Å². The first-order valence-corrected chi connectivity index (χ1v) is 7.59. The van der Waals surface area contributed by atoms with Crippen LogP contribution in [0.3, 0.4) is 0 Å². The predicted molar refractivity (Wildman–Crippen MR) is 84.8 cm³/mol. The van der Waals surface area contributed by atoms with Crippen molar-refractivity contribution in [3.8, 4) is 5.75 Å². The van der Waals surface area contributed by atoms with Gasteiger partial charge in [0, 0.05) is 19.2 Å². The molecule has 0 unspecified atom stereocenters. The highest BCUT2D eigenvalue weighted by atomic mass is 35.5. The molecule has 1 N–H and O–H groups in total. The summed E-state index contributed by atoms with van der Waals surface area (Å²) in [5.41, 5.74) is 0. The Morgan fingerprint density at radius 3 is 2.59 bits per heavy atom. The quantitative estimate of drug-likeness (QED) is 0.923. The number of benzene rings is 1. The Balaban J connectivity index is 0.00000176.